The normalized spacial score (nSPS) is 20.7. The standard InChI is InChI=1S/C15H20N4O3/c1-4-10-6-16-12(22-10)7-17-15(20)14-11-5-8(2)21-9(3)13(11)18-19-14/h6,8-9H,4-5,7H2,1-3H3,(H,17,20)(H,18,19)/t8-,9+/m0/s1. The average molecular weight is 304 g/mol. The van der Waals surface area contributed by atoms with Gasteiger partial charge in [0.1, 0.15) is 5.76 Å². The van der Waals surface area contributed by atoms with Gasteiger partial charge in [-0.3, -0.25) is 9.89 Å². The Morgan fingerprint density at radius 3 is 3.05 bits per heavy atom. The summed E-state index contributed by atoms with van der Waals surface area (Å²) in [4.78, 5) is 16.5. The molecule has 118 valence electrons. The summed E-state index contributed by atoms with van der Waals surface area (Å²) in [6.07, 6.45) is 3.14. The van der Waals surface area contributed by atoms with Crippen molar-refractivity contribution in [3.63, 3.8) is 0 Å². The minimum absolute atomic E-state index is 0.0745. The molecular formula is C15H20N4O3. The molecule has 0 bridgehead atoms. The van der Waals surface area contributed by atoms with Crippen LogP contribution in [0.25, 0.3) is 0 Å². The predicted molar refractivity (Wildman–Crippen MR) is 78.3 cm³/mol. The molecule has 2 N–H and O–H groups in total. The van der Waals surface area contributed by atoms with Crippen molar-refractivity contribution < 1.29 is 13.9 Å². The molecular weight excluding hydrogens is 284 g/mol. The lowest BCUT2D eigenvalue weighted by Crippen LogP contribution is -2.27. The van der Waals surface area contributed by atoms with Gasteiger partial charge in [-0.15, -0.1) is 0 Å². The van der Waals surface area contributed by atoms with E-state index in [0.717, 1.165) is 23.4 Å². The van der Waals surface area contributed by atoms with E-state index >= 15 is 0 Å². The van der Waals surface area contributed by atoms with Crippen LogP contribution >= 0.6 is 0 Å². The minimum atomic E-state index is -0.227. The van der Waals surface area contributed by atoms with Crippen LogP contribution in [0, 0.1) is 0 Å². The molecule has 0 saturated heterocycles. The highest BCUT2D eigenvalue weighted by atomic mass is 16.5. The number of carbonyl (C=O) groups excluding carboxylic acids is 1. The van der Waals surface area contributed by atoms with Gasteiger partial charge in [0.25, 0.3) is 5.91 Å². The molecule has 22 heavy (non-hydrogen) atoms. The molecule has 1 amide bonds. The lowest BCUT2D eigenvalue weighted by molar-refractivity contribution is -0.00697. The molecule has 1 aliphatic heterocycles. The molecule has 0 unspecified atom stereocenters. The number of aryl methyl sites for hydroxylation is 1. The van der Waals surface area contributed by atoms with Crippen LogP contribution in [0.1, 0.15) is 60.3 Å². The van der Waals surface area contributed by atoms with Crippen molar-refractivity contribution in [3.05, 3.63) is 34.8 Å². The Bertz CT molecular complexity index is 676. The Morgan fingerprint density at radius 2 is 2.32 bits per heavy atom. The van der Waals surface area contributed by atoms with E-state index in [1.165, 1.54) is 0 Å². The Morgan fingerprint density at radius 1 is 1.50 bits per heavy atom. The first kappa shape index (κ1) is 14.8. The number of rotatable bonds is 4. The fourth-order valence-electron chi connectivity index (χ4n) is 2.69. The monoisotopic (exact) mass is 304 g/mol. The molecule has 7 heteroatoms. The third-order valence-electron chi connectivity index (χ3n) is 3.80. The highest BCUT2D eigenvalue weighted by Gasteiger charge is 2.29. The highest BCUT2D eigenvalue weighted by molar-refractivity contribution is 5.94. The number of nitrogens with one attached hydrogen (secondary N) is 2. The summed E-state index contributed by atoms with van der Waals surface area (Å²) in [5.41, 5.74) is 2.25. The second-order valence-electron chi connectivity index (χ2n) is 5.51. The number of hydrogen-bond donors (Lipinski definition) is 2. The molecule has 0 aliphatic carbocycles. The zero-order valence-corrected chi connectivity index (χ0v) is 13.0. The number of aromatic amines is 1. The van der Waals surface area contributed by atoms with Gasteiger partial charge in [-0.25, -0.2) is 4.98 Å². The van der Waals surface area contributed by atoms with Gasteiger partial charge in [0.2, 0.25) is 5.89 Å². The van der Waals surface area contributed by atoms with E-state index in [4.69, 9.17) is 9.15 Å². The summed E-state index contributed by atoms with van der Waals surface area (Å²) in [7, 11) is 0. The molecule has 0 fully saturated rings. The molecule has 2 aromatic rings. The summed E-state index contributed by atoms with van der Waals surface area (Å²) in [5, 5.41) is 9.86. The summed E-state index contributed by atoms with van der Waals surface area (Å²) in [6, 6.07) is 0. The van der Waals surface area contributed by atoms with Crippen molar-refractivity contribution >= 4 is 5.91 Å². The number of H-pyrrole nitrogens is 1. The fraction of sp³-hybridized carbons (Fsp3) is 0.533. The second-order valence-corrected chi connectivity index (χ2v) is 5.51. The SMILES string of the molecule is CCc1cnc(CNC(=O)c2n[nH]c3c2C[C@H](C)O[C@@H]3C)o1. The van der Waals surface area contributed by atoms with Gasteiger partial charge in [-0.05, 0) is 13.8 Å². The molecule has 7 nitrogen and oxygen atoms in total. The zero-order chi connectivity index (χ0) is 15.7. The first-order chi connectivity index (χ1) is 10.6. The smallest absolute Gasteiger partial charge is 0.272 e. The fourth-order valence-corrected chi connectivity index (χ4v) is 2.69. The van der Waals surface area contributed by atoms with Gasteiger partial charge >= 0.3 is 0 Å². The van der Waals surface area contributed by atoms with Gasteiger partial charge in [0.05, 0.1) is 30.6 Å². The molecule has 0 radical (unpaired) electrons. The van der Waals surface area contributed by atoms with E-state index in [9.17, 15) is 4.79 Å². The Balaban J connectivity index is 1.70. The Kier molecular flexibility index (Phi) is 3.98. The maximum Gasteiger partial charge on any atom is 0.272 e. The van der Waals surface area contributed by atoms with Gasteiger partial charge in [0, 0.05) is 18.4 Å². The van der Waals surface area contributed by atoms with Crippen LogP contribution in [-0.2, 0) is 24.1 Å². The van der Waals surface area contributed by atoms with Crippen LogP contribution in [0.4, 0.5) is 0 Å². The number of hydrogen-bond acceptors (Lipinski definition) is 5. The number of nitrogens with zero attached hydrogens (tertiary/aromatic N) is 2. The van der Waals surface area contributed by atoms with Crippen molar-refractivity contribution in [2.24, 2.45) is 0 Å². The van der Waals surface area contributed by atoms with Crippen LogP contribution in [0.2, 0.25) is 0 Å². The molecule has 1 aliphatic rings. The van der Waals surface area contributed by atoms with Gasteiger partial charge in [-0.1, -0.05) is 6.92 Å². The first-order valence-electron chi connectivity index (χ1n) is 7.52. The Hall–Kier alpha value is -2.15. The molecule has 0 saturated carbocycles. The van der Waals surface area contributed by atoms with E-state index in [2.05, 4.69) is 20.5 Å². The first-order valence-corrected chi connectivity index (χ1v) is 7.52. The van der Waals surface area contributed by atoms with Crippen LogP contribution < -0.4 is 5.32 Å². The lowest BCUT2D eigenvalue weighted by atomic mass is 9.99. The van der Waals surface area contributed by atoms with Crippen molar-refractivity contribution in [1.29, 1.82) is 0 Å². The van der Waals surface area contributed by atoms with E-state index < -0.39 is 0 Å². The van der Waals surface area contributed by atoms with Crippen LogP contribution in [0.15, 0.2) is 10.6 Å². The predicted octanol–water partition coefficient (Wildman–Crippen LogP) is 1.91. The van der Waals surface area contributed by atoms with Crippen LogP contribution in [-0.4, -0.2) is 27.2 Å². The number of carbonyl (C=O) groups is 1. The lowest BCUT2D eigenvalue weighted by Gasteiger charge is -2.25. The summed E-state index contributed by atoms with van der Waals surface area (Å²) >= 11 is 0. The average Bonchev–Trinajstić information content (AvgIpc) is 3.11. The molecule has 2 atom stereocenters. The van der Waals surface area contributed by atoms with Crippen molar-refractivity contribution in [2.45, 2.75) is 52.4 Å². The van der Waals surface area contributed by atoms with E-state index in [1.807, 2.05) is 20.8 Å². The van der Waals surface area contributed by atoms with E-state index in [1.54, 1.807) is 6.20 Å². The van der Waals surface area contributed by atoms with E-state index in [0.29, 0.717) is 18.0 Å². The van der Waals surface area contributed by atoms with E-state index in [-0.39, 0.29) is 24.7 Å². The summed E-state index contributed by atoms with van der Waals surface area (Å²) < 4.78 is 11.2. The van der Waals surface area contributed by atoms with Gasteiger partial charge < -0.3 is 14.5 Å². The van der Waals surface area contributed by atoms with Gasteiger partial charge in [-0.2, -0.15) is 5.10 Å². The third kappa shape index (κ3) is 2.76. The van der Waals surface area contributed by atoms with Crippen LogP contribution in [0.3, 0.4) is 0 Å². The number of ether oxygens (including phenoxy) is 1. The molecule has 2 aromatic heterocycles. The van der Waals surface area contributed by atoms with Crippen molar-refractivity contribution in [1.82, 2.24) is 20.5 Å². The highest BCUT2D eigenvalue weighted by Crippen LogP contribution is 2.29. The summed E-state index contributed by atoms with van der Waals surface area (Å²) in [6.45, 7) is 6.19. The van der Waals surface area contributed by atoms with Gasteiger partial charge in [0.15, 0.2) is 5.69 Å². The number of fused-ring (bicyclic) bond motifs is 1. The topological polar surface area (TPSA) is 93.0 Å². The third-order valence-corrected chi connectivity index (χ3v) is 3.80. The molecule has 0 aromatic carbocycles. The molecule has 3 rings (SSSR count). The maximum atomic E-state index is 12.3. The summed E-state index contributed by atoms with van der Waals surface area (Å²) in [5.74, 6) is 1.08. The second kappa shape index (κ2) is 5.92. The largest absolute Gasteiger partial charge is 0.444 e. The van der Waals surface area contributed by atoms with Crippen molar-refractivity contribution in [3.8, 4) is 0 Å². The quantitative estimate of drug-likeness (QED) is 0.900. The number of aromatic nitrogens is 3. The molecule has 0 spiro atoms. The Labute approximate surface area is 128 Å². The van der Waals surface area contributed by atoms with Crippen molar-refractivity contribution in [2.75, 3.05) is 0 Å². The number of oxazole rings is 1. The maximum absolute atomic E-state index is 12.3. The molecule has 3 heterocycles. The minimum Gasteiger partial charge on any atom is -0.444 e. The zero-order valence-electron chi connectivity index (χ0n) is 13.0. The van der Waals surface area contributed by atoms with Crippen LogP contribution in [0.5, 0.6) is 0 Å². The number of amides is 1.